The van der Waals surface area contributed by atoms with E-state index in [1.807, 2.05) is 33.3 Å². The van der Waals surface area contributed by atoms with E-state index in [9.17, 15) is 19.0 Å². The van der Waals surface area contributed by atoms with E-state index in [0.717, 1.165) is 122 Å². The number of unbranched alkanes of at least 4 members (excludes halogenated alkanes) is 25. The second kappa shape index (κ2) is 52.6. The molecule has 0 aliphatic rings. The number of phosphoric acid groups is 1. The molecule has 0 spiro atoms. The summed E-state index contributed by atoms with van der Waals surface area (Å²) in [6, 6.07) is -0.854. The molecule has 9 nitrogen and oxygen atoms in total. The zero-order chi connectivity index (χ0) is 53.6. The molecule has 422 valence electrons. The molecule has 2 N–H and O–H groups in total. The van der Waals surface area contributed by atoms with Crippen molar-refractivity contribution in [3.63, 3.8) is 0 Å². The van der Waals surface area contributed by atoms with Gasteiger partial charge in [0.1, 0.15) is 19.3 Å². The molecule has 0 aliphatic heterocycles. The molecule has 0 fully saturated rings. The van der Waals surface area contributed by atoms with Crippen LogP contribution in [0.1, 0.15) is 252 Å². The molecular formula is C63H114N2O7P+. The maximum Gasteiger partial charge on any atom is 0.472 e. The molecule has 0 aromatic carbocycles. The summed E-state index contributed by atoms with van der Waals surface area (Å²) in [5.41, 5.74) is 0. The summed E-state index contributed by atoms with van der Waals surface area (Å²) < 4.78 is 30.6. The number of ether oxygens (including phenoxy) is 1. The van der Waals surface area contributed by atoms with Gasteiger partial charge in [-0.2, -0.15) is 0 Å². The average molecular weight is 1040 g/mol. The molecular weight excluding hydrogens is 928 g/mol. The van der Waals surface area contributed by atoms with Crippen molar-refractivity contribution in [2.24, 2.45) is 0 Å². The maximum absolute atomic E-state index is 13.5. The van der Waals surface area contributed by atoms with Crippen molar-refractivity contribution < 1.29 is 37.3 Å². The highest BCUT2D eigenvalue weighted by atomic mass is 31.2. The summed E-state index contributed by atoms with van der Waals surface area (Å²) in [5, 5.41) is 3.04. The normalized spacial score (nSPS) is 14.3. The Morgan fingerprint density at radius 2 is 0.877 bits per heavy atom. The van der Waals surface area contributed by atoms with E-state index in [2.05, 4.69) is 99.0 Å². The number of esters is 1. The SMILES string of the molecule is CC/C=C\C/C=C\C/C=C\C/C=C\C/C=C\C/C=C\CCCCCCCCC(=O)OC(/C=C\CCCCCCCCCCC)C(COP(=O)(O)OCC[N+](C)(C)C)NC(=O)CCCCCCCCCCCCC. The van der Waals surface area contributed by atoms with Crippen LogP contribution in [-0.2, 0) is 27.9 Å². The van der Waals surface area contributed by atoms with Crippen molar-refractivity contribution >= 4 is 19.7 Å². The predicted octanol–water partition coefficient (Wildman–Crippen LogP) is 18.2. The topological polar surface area (TPSA) is 111 Å². The Morgan fingerprint density at radius 1 is 0.493 bits per heavy atom. The van der Waals surface area contributed by atoms with Gasteiger partial charge in [0.25, 0.3) is 0 Å². The second-order valence-corrected chi connectivity index (χ2v) is 22.6. The fourth-order valence-electron chi connectivity index (χ4n) is 8.24. The van der Waals surface area contributed by atoms with Gasteiger partial charge in [-0.15, -0.1) is 0 Å². The first kappa shape index (κ1) is 70.2. The van der Waals surface area contributed by atoms with Gasteiger partial charge >= 0.3 is 13.8 Å². The lowest BCUT2D eigenvalue weighted by Crippen LogP contribution is -2.47. The molecule has 0 radical (unpaired) electrons. The van der Waals surface area contributed by atoms with Crippen LogP contribution in [0.4, 0.5) is 0 Å². The molecule has 0 rings (SSSR count). The summed E-state index contributed by atoms with van der Waals surface area (Å²) >= 11 is 0. The number of likely N-dealkylation sites (N-methyl/N-ethyl adjacent to an activating group) is 1. The van der Waals surface area contributed by atoms with E-state index in [1.54, 1.807) is 0 Å². The van der Waals surface area contributed by atoms with Gasteiger partial charge in [-0.05, 0) is 83.1 Å². The third-order valence-corrected chi connectivity index (χ3v) is 13.8. The fraction of sp³-hybridized carbons (Fsp3) is 0.746. The number of rotatable bonds is 53. The first-order valence-corrected chi connectivity index (χ1v) is 31.4. The van der Waals surface area contributed by atoms with Gasteiger partial charge in [0.2, 0.25) is 5.91 Å². The summed E-state index contributed by atoms with van der Waals surface area (Å²) in [7, 11) is 1.48. The van der Waals surface area contributed by atoms with E-state index in [4.69, 9.17) is 13.8 Å². The molecule has 0 bridgehead atoms. The summed E-state index contributed by atoms with van der Waals surface area (Å²) in [6.45, 7) is 6.87. The Hall–Kier alpha value is -2.81. The van der Waals surface area contributed by atoms with Crippen LogP contribution in [0.2, 0.25) is 0 Å². The Labute approximate surface area is 450 Å². The first-order chi connectivity index (χ1) is 35.4. The van der Waals surface area contributed by atoms with Gasteiger partial charge in [0, 0.05) is 12.8 Å². The lowest BCUT2D eigenvalue weighted by atomic mass is 10.0. The zero-order valence-corrected chi connectivity index (χ0v) is 49.0. The van der Waals surface area contributed by atoms with Crippen molar-refractivity contribution in [1.29, 1.82) is 0 Å². The van der Waals surface area contributed by atoms with Crippen molar-refractivity contribution in [2.75, 3.05) is 40.9 Å². The van der Waals surface area contributed by atoms with Crippen LogP contribution in [0, 0.1) is 0 Å². The predicted molar refractivity (Wildman–Crippen MR) is 314 cm³/mol. The Kier molecular flexibility index (Phi) is 50.6. The summed E-state index contributed by atoms with van der Waals surface area (Å²) in [4.78, 5) is 37.5. The van der Waals surface area contributed by atoms with Gasteiger partial charge in [0.15, 0.2) is 0 Å². The number of allylic oxidation sites excluding steroid dienone is 13. The number of hydrogen-bond donors (Lipinski definition) is 2. The third kappa shape index (κ3) is 53.8. The first-order valence-electron chi connectivity index (χ1n) is 29.9. The van der Waals surface area contributed by atoms with Crippen molar-refractivity contribution in [3.05, 3.63) is 85.1 Å². The molecule has 3 unspecified atom stereocenters. The molecule has 0 aliphatic carbocycles. The number of carbonyl (C=O) groups is 2. The Morgan fingerprint density at radius 3 is 1.32 bits per heavy atom. The van der Waals surface area contributed by atoms with E-state index >= 15 is 0 Å². The van der Waals surface area contributed by atoms with Crippen LogP contribution in [0.25, 0.3) is 0 Å². The molecule has 0 aromatic rings. The van der Waals surface area contributed by atoms with Gasteiger partial charge in [-0.25, -0.2) is 4.57 Å². The standard InChI is InChI=1S/C63H113N2O7P/c1-7-10-13-16-19-22-25-26-27-28-29-30-31-32-33-34-35-36-37-38-41-44-47-50-53-56-63(67)72-61(54-51-48-45-42-39-23-20-17-14-11-8-2)60(59-71-73(68,69)70-58-57-65(4,5)6)64-62(66)55-52-49-46-43-40-24-21-18-15-12-9-3/h10,13,19,22,26-27,29-30,32-33,35-36,51,54,60-61H,7-9,11-12,14-18,20-21,23-25,28,31,34,37-50,52-53,55-59H2,1-6H3,(H-,64,66,68,69)/p+1/b13-10-,22-19-,27-26-,30-29-,33-32-,36-35-,54-51-. The van der Waals surface area contributed by atoms with Gasteiger partial charge in [-0.1, -0.05) is 241 Å². The second-order valence-electron chi connectivity index (χ2n) is 21.1. The molecule has 73 heavy (non-hydrogen) atoms. The molecule has 0 saturated carbocycles. The van der Waals surface area contributed by atoms with Gasteiger partial charge < -0.3 is 19.4 Å². The highest BCUT2D eigenvalue weighted by Crippen LogP contribution is 2.43. The number of amides is 1. The van der Waals surface area contributed by atoms with Crippen LogP contribution in [-0.4, -0.2) is 74.3 Å². The van der Waals surface area contributed by atoms with Crippen molar-refractivity contribution in [2.45, 2.75) is 264 Å². The molecule has 3 atom stereocenters. The van der Waals surface area contributed by atoms with Gasteiger partial charge in [0.05, 0.1) is 33.8 Å². The minimum Gasteiger partial charge on any atom is -0.456 e. The highest BCUT2D eigenvalue weighted by molar-refractivity contribution is 7.47. The fourth-order valence-corrected chi connectivity index (χ4v) is 8.97. The monoisotopic (exact) mass is 1040 g/mol. The van der Waals surface area contributed by atoms with Crippen LogP contribution >= 0.6 is 7.82 Å². The van der Waals surface area contributed by atoms with E-state index in [1.165, 1.54) is 96.3 Å². The van der Waals surface area contributed by atoms with E-state index < -0.39 is 20.0 Å². The lowest BCUT2D eigenvalue weighted by Gasteiger charge is -2.27. The van der Waals surface area contributed by atoms with Crippen LogP contribution in [0.3, 0.4) is 0 Å². The lowest BCUT2D eigenvalue weighted by molar-refractivity contribution is -0.870. The minimum atomic E-state index is -4.45. The minimum absolute atomic E-state index is 0.0354. The van der Waals surface area contributed by atoms with Crippen LogP contribution < -0.4 is 5.32 Å². The number of phosphoric ester groups is 1. The van der Waals surface area contributed by atoms with E-state index in [-0.39, 0.29) is 31.5 Å². The van der Waals surface area contributed by atoms with Crippen molar-refractivity contribution in [1.82, 2.24) is 5.32 Å². The molecule has 0 saturated heterocycles. The zero-order valence-electron chi connectivity index (χ0n) is 48.1. The molecule has 0 aromatic heterocycles. The number of nitrogens with one attached hydrogen (secondary N) is 1. The van der Waals surface area contributed by atoms with E-state index in [0.29, 0.717) is 17.4 Å². The third-order valence-electron chi connectivity index (χ3n) is 12.8. The van der Waals surface area contributed by atoms with Crippen LogP contribution in [0.5, 0.6) is 0 Å². The largest absolute Gasteiger partial charge is 0.472 e. The molecule has 1 amide bonds. The maximum atomic E-state index is 13.5. The van der Waals surface area contributed by atoms with Crippen LogP contribution in [0.15, 0.2) is 85.1 Å². The number of hydrogen-bond acceptors (Lipinski definition) is 6. The van der Waals surface area contributed by atoms with Gasteiger partial charge in [-0.3, -0.25) is 18.6 Å². The highest BCUT2D eigenvalue weighted by Gasteiger charge is 2.30. The summed E-state index contributed by atoms with van der Waals surface area (Å²) in [5.74, 6) is -0.524. The Bertz CT molecular complexity index is 1530. The Balaban J connectivity index is 5.16. The average Bonchev–Trinajstić information content (AvgIpc) is 3.35. The number of nitrogens with zero attached hydrogens (tertiary/aromatic N) is 1. The molecule has 10 heteroatoms. The smallest absolute Gasteiger partial charge is 0.456 e. The number of quaternary nitrogens is 1. The quantitative estimate of drug-likeness (QED) is 0.0205. The summed E-state index contributed by atoms with van der Waals surface area (Å²) in [6.07, 6.45) is 68.7. The van der Waals surface area contributed by atoms with Crippen molar-refractivity contribution in [3.8, 4) is 0 Å². The number of carbonyl (C=O) groups excluding carboxylic acids is 2. The molecule has 0 heterocycles.